The van der Waals surface area contributed by atoms with Crippen LogP contribution in [0, 0.1) is 0 Å². The third kappa shape index (κ3) is 4.47. The lowest BCUT2D eigenvalue weighted by Gasteiger charge is -2.26. The molecule has 0 aromatic heterocycles. The SMILES string of the molecule is COCCCS(=O)(=O)N1CC(O)CC1CN(C)C. The lowest BCUT2D eigenvalue weighted by atomic mass is 10.2. The third-order valence-corrected chi connectivity index (χ3v) is 4.99. The first-order valence-corrected chi connectivity index (χ1v) is 7.79. The number of methoxy groups -OCH3 is 1. The minimum Gasteiger partial charge on any atom is -0.392 e. The molecule has 108 valence electrons. The molecular weight excluding hydrogens is 256 g/mol. The molecule has 2 atom stereocenters. The highest BCUT2D eigenvalue weighted by Gasteiger charge is 2.38. The van der Waals surface area contributed by atoms with Gasteiger partial charge in [-0.2, -0.15) is 4.31 Å². The van der Waals surface area contributed by atoms with Crippen LogP contribution in [0.15, 0.2) is 0 Å². The largest absolute Gasteiger partial charge is 0.392 e. The maximum absolute atomic E-state index is 12.2. The highest BCUT2D eigenvalue weighted by atomic mass is 32.2. The average molecular weight is 280 g/mol. The molecule has 7 heteroatoms. The van der Waals surface area contributed by atoms with Gasteiger partial charge in [0.25, 0.3) is 0 Å². The highest BCUT2D eigenvalue weighted by Crippen LogP contribution is 2.22. The fraction of sp³-hybridized carbons (Fsp3) is 1.00. The van der Waals surface area contributed by atoms with E-state index in [1.807, 2.05) is 19.0 Å². The monoisotopic (exact) mass is 280 g/mol. The third-order valence-electron chi connectivity index (χ3n) is 3.03. The fourth-order valence-electron chi connectivity index (χ4n) is 2.29. The smallest absolute Gasteiger partial charge is 0.214 e. The zero-order chi connectivity index (χ0) is 13.8. The van der Waals surface area contributed by atoms with Gasteiger partial charge in [0.1, 0.15) is 0 Å². The van der Waals surface area contributed by atoms with Crippen LogP contribution in [0.1, 0.15) is 12.8 Å². The van der Waals surface area contributed by atoms with Gasteiger partial charge in [-0.25, -0.2) is 8.42 Å². The summed E-state index contributed by atoms with van der Waals surface area (Å²) >= 11 is 0. The van der Waals surface area contributed by atoms with Gasteiger partial charge >= 0.3 is 0 Å². The van der Waals surface area contributed by atoms with Gasteiger partial charge in [-0.05, 0) is 26.9 Å². The van der Waals surface area contributed by atoms with E-state index in [9.17, 15) is 13.5 Å². The van der Waals surface area contributed by atoms with E-state index < -0.39 is 16.1 Å². The van der Waals surface area contributed by atoms with Crippen LogP contribution in [0.2, 0.25) is 0 Å². The van der Waals surface area contributed by atoms with Gasteiger partial charge in [-0.15, -0.1) is 0 Å². The fourth-order valence-corrected chi connectivity index (χ4v) is 4.02. The van der Waals surface area contributed by atoms with E-state index in [0.717, 1.165) is 0 Å². The standard InChI is InChI=1S/C11H24N2O4S/c1-12(2)8-10-7-11(14)9-13(10)18(15,16)6-4-5-17-3/h10-11,14H,4-9H2,1-3H3. The van der Waals surface area contributed by atoms with E-state index >= 15 is 0 Å². The van der Waals surface area contributed by atoms with Crippen LogP contribution < -0.4 is 0 Å². The molecule has 0 amide bonds. The summed E-state index contributed by atoms with van der Waals surface area (Å²) in [6, 6.07) is -0.123. The Morgan fingerprint density at radius 3 is 2.67 bits per heavy atom. The molecule has 1 fully saturated rings. The Hall–Kier alpha value is -0.210. The Bertz CT molecular complexity index is 345. The van der Waals surface area contributed by atoms with Crippen LogP contribution in [0.3, 0.4) is 0 Å². The number of aliphatic hydroxyl groups excluding tert-OH is 1. The molecule has 0 saturated carbocycles. The van der Waals surface area contributed by atoms with Crippen LogP contribution >= 0.6 is 0 Å². The predicted octanol–water partition coefficient (Wildman–Crippen LogP) is -0.650. The van der Waals surface area contributed by atoms with Crippen molar-refractivity contribution in [3.63, 3.8) is 0 Å². The molecule has 0 aromatic rings. The number of hydrogen-bond acceptors (Lipinski definition) is 5. The first-order valence-electron chi connectivity index (χ1n) is 6.18. The summed E-state index contributed by atoms with van der Waals surface area (Å²) in [5, 5.41) is 9.67. The van der Waals surface area contributed by atoms with E-state index in [-0.39, 0.29) is 18.3 Å². The van der Waals surface area contributed by atoms with Crippen LogP contribution in [0.25, 0.3) is 0 Å². The van der Waals surface area contributed by atoms with E-state index in [1.165, 1.54) is 4.31 Å². The van der Waals surface area contributed by atoms with Gasteiger partial charge < -0.3 is 14.7 Å². The number of aliphatic hydroxyl groups is 1. The molecule has 0 spiro atoms. The molecule has 18 heavy (non-hydrogen) atoms. The van der Waals surface area contributed by atoms with Crippen molar-refractivity contribution >= 4 is 10.0 Å². The molecule has 1 heterocycles. The second-order valence-corrected chi connectivity index (χ2v) is 7.08. The van der Waals surface area contributed by atoms with E-state index in [4.69, 9.17) is 4.74 Å². The van der Waals surface area contributed by atoms with Crippen LogP contribution in [0.5, 0.6) is 0 Å². The average Bonchev–Trinajstić information content (AvgIpc) is 2.59. The molecule has 1 saturated heterocycles. The summed E-state index contributed by atoms with van der Waals surface area (Å²) in [6.07, 6.45) is 0.453. The maximum Gasteiger partial charge on any atom is 0.214 e. The molecule has 1 aliphatic rings. The second kappa shape index (κ2) is 6.81. The number of rotatable bonds is 7. The lowest BCUT2D eigenvalue weighted by Crippen LogP contribution is -2.42. The quantitative estimate of drug-likeness (QED) is 0.628. The first-order chi connectivity index (χ1) is 8.36. The molecule has 1 rings (SSSR count). The van der Waals surface area contributed by atoms with Crippen molar-refractivity contribution in [2.45, 2.75) is 25.0 Å². The lowest BCUT2D eigenvalue weighted by molar-refractivity contribution is 0.187. The zero-order valence-corrected chi connectivity index (χ0v) is 12.2. The van der Waals surface area contributed by atoms with Gasteiger partial charge in [0.15, 0.2) is 0 Å². The number of sulfonamides is 1. The van der Waals surface area contributed by atoms with Gasteiger partial charge in [-0.1, -0.05) is 0 Å². The molecule has 0 aromatic carbocycles. The van der Waals surface area contributed by atoms with Crippen molar-refractivity contribution in [2.75, 3.05) is 46.7 Å². The summed E-state index contributed by atoms with van der Waals surface area (Å²) in [5.74, 6) is 0.0808. The van der Waals surface area contributed by atoms with Gasteiger partial charge in [0.05, 0.1) is 11.9 Å². The Morgan fingerprint density at radius 2 is 2.11 bits per heavy atom. The van der Waals surface area contributed by atoms with Gasteiger partial charge in [-0.3, -0.25) is 0 Å². The Balaban J connectivity index is 2.65. The van der Waals surface area contributed by atoms with Gasteiger partial charge in [0, 0.05) is 32.8 Å². The van der Waals surface area contributed by atoms with E-state index in [1.54, 1.807) is 7.11 Å². The molecule has 6 nitrogen and oxygen atoms in total. The van der Waals surface area contributed by atoms with Gasteiger partial charge in [0.2, 0.25) is 10.0 Å². The molecule has 1 aliphatic heterocycles. The zero-order valence-electron chi connectivity index (χ0n) is 11.4. The number of β-amino-alcohol motifs (C(OH)–C–C–N with tert-alkyl or cyclic N) is 1. The van der Waals surface area contributed by atoms with Crippen molar-refractivity contribution in [3.05, 3.63) is 0 Å². The second-order valence-electron chi connectivity index (χ2n) is 5.04. The summed E-state index contributed by atoms with van der Waals surface area (Å²) in [4.78, 5) is 1.94. The van der Waals surface area contributed by atoms with Crippen LogP contribution in [-0.2, 0) is 14.8 Å². The summed E-state index contributed by atoms with van der Waals surface area (Å²) in [6.45, 7) is 1.29. The van der Waals surface area contributed by atoms with Crippen molar-refractivity contribution in [1.82, 2.24) is 9.21 Å². The topological polar surface area (TPSA) is 70.1 Å². The normalized spacial score (nSPS) is 26.1. The number of ether oxygens (including phenoxy) is 1. The minimum absolute atomic E-state index is 0.0808. The molecule has 0 radical (unpaired) electrons. The van der Waals surface area contributed by atoms with E-state index in [0.29, 0.717) is 26.0 Å². The van der Waals surface area contributed by atoms with Crippen LogP contribution in [0.4, 0.5) is 0 Å². The Kier molecular flexibility index (Phi) is 6.00. The molecular formula is C11H24N2O4S. The molecule has 0 aliphatic carbocycles. The maximum atomic E-state index is 12.2. The highest BCUT2D eigenvalue weighted by molar-refractivity contribution is 7.89. The van der Waals surface area contributed by atoms with Crippen molar-refractivity contribution in [1.29, 1.82) is 0 Å². The van der Waals surface area contributed by atoms with Crippen molar-refractivity contribution in [2.24, 2.45) is 0 Å². The van der Waals surface area contributed by atoms with Crippen LogP contribution in [-0.4, -0.2) is 81.5 Å². The molecule has 0 bridgehead atoms. The van der Waals surface area contributed by atoms with Crippen molar-refractivity contribution < 1.29 is 18.3 Å². The molecule has 1 N–H and O–H groups in total. The summed E-state index contributed by atoms with van der Waals surface area (Å²) in [7, 11) is 2.07. The number of nitrogens with zero attached hydrogens (tertiary/aromatic N) is 2. The minimum atomic E-state index is -3.29. The van der Waals surface area contributed by atoms with E-state index in [2.05, 4.69) is 0 Å². The predicted molar refractivity (Wildman–Crippen MR) is 70.0 cm³/mol. The summed E-state index contributed by atoms with van der Waals surface area (Å²) in [5.41, 5.74) is 0. The number of likely N-dealkylation sites (N-methyl/N-ethyl adjacent to an activating group) is 1. The summed E-state index contributed by atoms with van der Waals surface area (Å²) < 4.78 is 30.7. The molecule has 2 unspecified atom stereocenters. The van der Waals surface area contributed by atoms with Crippen molar-refractivity contribution in [3.8, 4) is 0 Å². The number of hydrogen-bond donors (Lipinski definition) is 1. The Labute approximate surface area is 110 Å². The first kappa shape index (κ1) is 15.8. The Morgan fingerprint density at radius 1 is 1.44 bits per heavy atom.